The van der Waals surface area contributed by atoms with Crippen LogP contribution in [0, 0.1) is 6.92 Å². The first-order chi connectivity index (χ1) is 9.15. The summed E-state index contributed by atoms with van der Waals surface area (Å²) >= 11 is 0. The van der Waals surface area contributed by atoms with Crippen LogP contribution < -0.4 is 15.8 Å². The molecule has 1 amide bonds. The number of benzene rings is 1. The van der Waals surface area contributed by atoms with E-state index in [2.05, 4.69) is 5.32 Å². The maximum atomic E-state index is 12.0. The number of hydrogen-bond acceptors (Lipinski definition) is 4. The van der Waals surface area contributed by atoms with Crippen molar-refractivity contribution < 1.29 is 13.9 Å². The number of methoxy groups -OCH3 is 1. The van der Waals surface area contributed by atoms with Gasteiger partial charge in [-0.3, -0.25) is 4.79 Å². The molecule has 0 saturated carbocycles. The second-order valence-electron chi connectivity index (χ2n) is 4.13. The van der Waals surface area contributed by atoms with Crippen molar-refractivity contribution in [2.24, 2.45) is 5.73 Å². The van der Waals surface area contributed by atoms with E-state index in [-0.39, 0.29) is 5.91 Å². The SMILES string of the molecule is COc1cc(CN)ccc1NC(=O)c1occc1C. The molecule has 0 aliphatic heterocycles. The van der Waals surface area contributed by atoms with E-state index in [9.17, 15) is 4.79 Å². The van der Waals surface area contributed by atoms with Gasteiger partial charge in [-0.1, -0.05) is 6.07 Å². The Labute approximate surface area is 111 Å². The topological polar surface area (TPSA) is 77.5 Å². The number of carbonyl (C=O) groups excluding carboxylic acids is 1. The van der Waals surface area contributed by atoms with Gasteiger partial charge >= 0.3 is 0 Å². The second-order valence-corrected chi connectivity index (χ2v) is 4.13. The Morgan fingerprint density at radius 1 is 1.42 bits per heavy atom. The van der Waals surface area contributed by atoms with E-state index >= 15 is 0 Å². The molecule has 100 valence electrons. The third-order valence-corrected chi connectivity index (χ3v) is 2.82. The van der Waals surface area contributed by atoms with Gasteiger partial charge in [0.15, 0.2) is 5.76 Å². The fourth-order valence-corrected chi connectivity index (χ4v) is 1.75. The van der Waals surface area contributed by atoms with Crippen molar-refractivity contribution in [3.05, 3.63) is 47.4 Å². The van der Waals surface area contributed by atoms with Gasteiger partial charge in [-0.2, -0.15) is 0 Å². The monoisotopic (exact) mass is 260 g/mol. The summed E-state index contributed by atoms with van der Waals surface area (Å²) in [6, 6.07) is 7.14. The van der Waals surface area contributed by atoms with E-state index in [0.29, 0.717) is 23.7 Å². The van der Waals surface area contributed by atoms with Gasteiger partial charge in [0.05, 0.1) is 19.1 Å². The summed E-state index contributed by atoms with van der Waals surface area (Å²) in [5, 5.41) is 2.76. The van der Waals surface area contributed by atoms with Crippen molar-refractivity contribution >= 4 is 11.6 Å². The molecule has 5 heteroatoms. The van der Waals surface area contributed by atoms with Crippen LogP contribution in [0.4, 0.5) is 5.69 Å². The smallest absolute Gasteiger partial charge is 0.291 e. The maximum absolute atomic E-state index is 12.0. The van der Waals surface area contributed by atoms with Crippen LogP contribution >= 0.6 is 0 Å². The number of anilines is 1. The first kappa shape index (κ1) is 13.2. The minimum Gasteiger partial charge on any atom is -0.495 e. The lowest BCUT2D eigenvalue weighted by Gasteiger charge is -2.11. The molecule has 0 aliphatic carbocycles. The highest BCUT2D eigenvalue weighted by Crippen LogP contribution is 2.26. The lowest BCUT2D eigenvalue weighted by atomic mass is 10.2. The summed E-state index contributed by atoms with van der Waals surface area (Å²) in [5.74, 6) is 0.562. The summed E-state index contributed by atoms with van der Waals surface area (Å²) < 4.78 is 10.4. The van der Waals surface area contributed by atoms with Gasteiger partial charge in [0.25, 0.3) is 5.91 Å². The third kappa shape index (κ3) is 2.77. The van der Waals surface area contributed by atoms with Crippen LogP contribution in [0.15, 0.2) is 34.9 Å². The van der Waals surface area contributed by atoms with Crippen LogP contribution in [0.5, 0.6) is 5.75 Å². The zero-order valence-corrected chi connectivity index (χ0v) is 10.9. The fraction of sp³-hybridized carbons (Fsp3) is 0.214. The van der Waals surface area contributed by atoms with Gasteiger partial charge in [0.1, 0.15) is 5.75 Å². The molecule has 0 unspecified atom stereocenters. The van der Waals surface area contributed by atoms with E-state index < -0.39 is 0 Å². The number of hydrogen-bond donors (Lipinski definition) is 2. The Morgan fingerprint density at radius 2 is 2.21 bits per heavy atom. The van der Waals surface area contributed by atoms with Crippen LogP contribution in [0.1, 0.15) is 21.7 Å². The van der Waals surface area contributed by atoms with E-state index in [0.717, 1.165) is 11.1 Å². The third-order valence-electron chi connectivity index (χ3n) is 2.82. The van der Waals surface area contributed by atoms with Gasteiger partial charge in [0.2, 0.25) is 0 Å². The van der Waals surface area contributed by atoms with Crippen molar-refractivity contribution in [2.45, 2.75) is 13.5 Å². The van der Waals surface area contributed by atoms with E-state index in [1.54, 1.807) is 25.3 Å². The maximum Gasteiger partial charge on any atom is 0.291 e. The number of carbonyl (C=O) groups is 1. The highest BCUT2D eigenvalue weighted by Gasteiger charge is 2.14. The van der Waals surface area contributed by atoms with Gasteiger partial charge in [-0.25, -0.2) is 0 Å². The highest BCUT2D eigenvalue weighted by atomic mass is 16.5. The minimum atomic E-state index is -0.304. The average Bonchev–Trinajstić information content (AvgIpc) is 2.85. The quantitative estimate of drug-likeness (QED) is 0.884. The molecule has 0 radical (unpaired) electrons. The van der Waals surface area contributed by atoms with Crippen molar-refractivity contribution in [2.75, 3.05) is 12.4 Å². The summed E-state index contributed by atoms with van der Waals surface area (Å²) in [5.41, 5.74) is 7.87. The molecule has 3 N–H and O–H groups in total. The van der Waals surface area contributed by atoms with Crippen LogP contribution in [0.25, 0.3) is 0 Å². The molecule has 1 aromatic carbocycles. The lowest BCUT2D eigenvalue weighted by Crippen LogP contribution is -2.13. The molecule has 0 aliphatic rings. The van der Waals surface area contributed by atoms with Crippen molar-refractivity contribution in [1.29, 1.82) is 0 Å². The second kappa shape index (κ2) is 5.58. The van der Waals surface area contributed by atoms with Crippen LogP contribution in [0.3, 0.4) is 0 Å². The van der Waals surface area contributed by atoms with Crippen LogP contribution in [-0.4, -0.2) is 13.0 Å². The normalized spacial score (nSPS) is 10.3. The zero-order chi connectivity index (χ0) is 13.8. The van der Waals surface area contributed by atoms with E-state index in [4.69, 9.17) is 14.9 Å². The summed E-state index contributed by atoms with van der Waals surface area (Å²) in [6.07, 6.45) is 1.49. The molecule has 1 aromatic heterocycles. The van der Waals surface area contributed by atoms with E-state index in [1.807, 2.05) is 13.0 Å². The number of nitrogens with one attached hydrogen (secondary N) is 1. The van der Waals surface area contributed by atoms with Gasteiger partial charge in [-0.05, 0) is 30.7 Å². The first-order valence-electron chi connectivity index (χ1n) is 5.88. The zero-order valence-electron chi connectivity index (χ0n) is 10.9. The Hall–Kier alpha value is -2.27. The molecular weight excluding hydrogens is 244 g/mol. The van der Waals surface area contributed by atoms with Gasteiger partial charge < -0.3 is 20.2 Å². The summed E-state index contributed by atoms with van der Waals surface area (Å²) in [6.45, 7) is 2.23. The molecular formula is C14H16N2O3. The number of ether oxygens (including phenoxy) is 1. The predicted molar refractivity (Wildman–Crippen MR) is 72.3 cm³/mol. The van der Waals surface area contributed by atoms with Crippen molar-refractivity contribution in [1.82, 2.24) is 0 Å². The molecule has 5 nitrogen and oxygen atoms in total. The molecule has 0 atom stereocenters. The Morgan fingerprint density at radius 3 is 2.79 bits per heavy atom. The van der Waals surface area contributed by atoms with Crippen LogP contribution in [0.2, 0.25) is 0 Å². The molecule has 2 rings (SSSR count). The predicted octanol–water partition coefficient (Wildman–Crippen LogP) is 2.31. The van der Waals surface area contributed by atoms with Crippen molar-refractivity contribution in [3.8, 4) is 5.75 Å². The molecule has 0 spiro atoms. The number of furan rings is 1. The number of rotatable bonds is 4. The Balaban J connectivity index is 2.24. The number of nitrogens with two attached hydrogens (primary N) is 1. The van der Waals surface area contributed by atoms with Crippen molar-refractivity contribution in [3.63, 3.8) is 0 Å². The fourth-order valence-electron chi connectivity index (χ4n) is 1.75. The minimum absolute atomic E-state index is 0.296. The van der Waals surface area contributed by atoms with Crippen LogP contribution in [-0.2, 0) is 6.54 Å². The molecule has 0 fully saturated rings. The number of aryl methyl sites for hydroxylation is 1. The van der Waals surface area contributed by atoms with E-state index in [1.165, 1.54) is 6.26 Å². The average molecular weight is 260 g/mol. The molecule has 0 saturated heterocycles. The lowest BCUT2D eigenvalue weighted by molar-refractivity contribution is 0.0995. The standard InChI is InChI=1S/C14H16N2O3/c1-9-5-6-19-13(9)14(17)16-11-4-3-10(8-15)7-12(11)18-2/h3-7H,8,15H2,1-2H3,(H,16,17). The van der Waals surface area contributed by atoms with Gasteiger partial charge in [0, 0.05) is 12.1 Å². The molecule has 1 heterocycles. The first-order valence-corrected chi connectivity index (χ1v) is 5.88. The molecule has 2 aromatic rings. The Bertz CT molecular complexity index is 590. The molecule has 19 heavy (non-hydrogen) atoms. The molecule has 0 bridgehead atoms. The van der Waals surface area contributed by atoms with Gasteiger partial charge in [-0.15, -0.1) is 0 Å². The summed E-state index contributed by atoms with van der Waals surface area (Å²) in [7, 11) is 1.55. The summed E-state index contributed by atoms with van der Waals surface area (Å²) in [4.78, 5) is 12.0. The number of amides is 1. The Kier molecular flexibility index (Phi) is 3.87. The highest BCUT2D eigenvalue weighted by molar-refractivity contribution is 6.04. The largest absolute Gasteiger partial charge is 0.495 e.